The van der Waals surface area contributed by atoms with Gasteiger partial charge in [-0.1, -0.05) is 24.3 Å². The van der Waals surface area contributed by atoms with Crippen molar-refractivity contribution in [3.63, 3.8) is 0 Å². The van der Waals surface area contributed by atoms with Crippen molar-refractivity contribution in [3.05, 3.63) is 83.7 Å². The van der Waals surface area contributed by atoms with Crippen LogP contribution in [-0.2, 0) is 16.1 Å². The number of hydrogen-bond acceptors (Lipinski definition) is 5. The van der Waals surface area contributed by atoms with Crippen LogP contribution in [0.25, 0.3) is 11.1 Å². The van der Waals surface area contributed by atoms with Crippen molar-refractivity contribution in [3.8, 4) is 11.1 Å². The van der Waals surface area contributed by atoms with Crippen LogP contribution in [0.4, 0.5) is 15.8 Å². The number of rotatable bonds is 10. The molecule has 3 aromatic rings. The number of morpholine rings is 1. The molecule has 1 heterocycles. The maximum absolute atomic E-state index is 13.4. The van der Waals surface area contributed by atoms with Gasteiger partial charge in [-0.15, -0.1) is 0 Å². The Hall–Kier alpha value is -3.75. The maximum Gasteiger partial charge on any atom is 0.255 e. The second kappa shape index (κ2) is 12.4. The quantitative estimate of drug-likeness (QED) is 0.398. The van der Waals surface area contributed by atoms with E-state index < -0.39 is 0 Å². The van der Waals surface area contributed by atoms with E-state index in [4.69, 9.17) is 10.5 Å². The van der Waals surface area contributed by atoms with Gasteiger partial charge in [-0.2, -0.15) is 0 Å². The van der Waals surface area contributed by atoms with Crippen LogP contribution in [0.15, 0.2) is 66.7 Å². The van der Waals surface area contributed by atoms with E-state index in [0.29, 0.717) is 44.1 Å². The molecule has 204 valence electrons. The second-order valence-corrected chi connectivity index (χ2v) is 10.2. The molecule has 0 atom stereocenters. The van der Waals surface area contributed by atoms with Crippen molar-refractivity contribution in [1.29, 1.82) is 0 Å². The van der Waals surface area contributed by atoms with Gasteiger partial charge in [0.25, 0.3) is 5.91 Å². The molecule has 3 aromatic carbocycles. The molecule has 1 saturated heterocycles. The summed E-state index contributed by atoms with van der Waals surface area (Å²) < 4.78 is 18.9. The molecule has 2 amide bonds. The normalized spacial score (nSPS) is 15.2. The molecule has 39 heavy (non-hydrogen) atoms. The summed E-state index contributed by atoms with van der Waals surface area (Å²) in [5, 5.41) is 3.05. The van der Waals surface area contributed by atoms with E-state index in [9.17, 15) is 14.0 Å². The van der Waals surface area contributed by atoms with Gasteiger partial charge in [0.15, 0.2) is 0 Å². The van der Waals surface area contributed by atoms with Crippen LogP contribution in [0, 0.1) is 11.7 Å². The van der Waals surface area contributed by atoms with Gasteiger partial charge in [0.1, 0.15) is 5.82 Å². The minimum atomic E-state index is -0.386. The predicted octanol–water partition coefficient (Wildman–Crippen LogP) is 4.67. The monoisotopic (exact) mass is 530 g/mol. The first kappa shape index (κ1) is 26.8. The topological polar surface area (TPSA) is 87.9 Å². The van der Waals surface area contributed by atoms with E-state index in [2.05, 4.69) is 22.3 Å². The summed E-state index contributed by atoms with van der Waals surface area (Å²) >= 11 is 0. The molecular formula is C31H35FN4O3. The standard InChI is InChI=1S/C31H35FN4O3/c32-27-10-7-23(8-11-27)30(37)34-28-20-26(9-12-29(28)35-15-17-39-18-16-35)25-4-1-3-22(19-25)21-36(14-2-13-33)31(38)24-5-6-24/h1,3-4,7-12,19-20,24H,2,5-6,13-18,21,33H2,(H,34,37). The summed E-state index contributed by atoms with van der Waals surface area (Å²) in [6, 6.07) is 19.8. The first-order chi connectivity index (χ1) is 19.0. The SMILES string of the molecule is NCCCN(Cc1cccc(-c2ccc(N3CCOCC3)c(NC(=O)c3ccc(F)cc3)c2)c1)C(=O)C1CC1. The molecular weight excluding hydrogens is 495 g/mol. The van der Waals surface area contributed by atoms with Crippen LogP contribution in [0.1, 0.15) is 35.2 Å². The van der Waals surface area contributed by atoms with Crippen molar-refractivity contribution in [1.82, 2.24) is 4.90 Å². The van der Waals surface area contributed by atoms with Crippen LogP contribution in [-0.4, -0.2) is 56.1 Å². The predicted molar refractivity (Wildman–Crippen MR) is 151 cm³/mol. The van der Waals surface area contributed by atoms with Gasteiger partial charge in [-0.3, -0.25) is 9.59 Å². The lowest BCUT2D eigenvalue weighted by molar-refractivity contribution is -0.133. The van der Waals surface area contributed by atoms with Crippen LogP contribution < -0.4 is 16.0 Å². The highest BCUT2D eigenvalue weighted by molar-refractivity contribution is 6.06. The molecule has 0 aromatic heterocycles. The average molecular weight is 531 g/mol. The summed E-state index contributed by atoms with van der Waals surface area (Å²) in [5.74, 6) is -0.312. The van der Waals surface area contributed by atoms with E-state index in [0.717, 1.165) is 54.7 Å². The molecule has 1 aliphatic heterocycles. The van der Waals surface area contributed by atoms with Crippen LogP contribution in [0.5, 0.6) is 0 Å². The van der Waals surface area contributed by atoms with Gasteiger partial charge in [0, 0.05) is 37.7 Å². The Bertz CT molecular complexity index is 1300. The Labute approximate surface area is 228 Å². The fourth-order valence-electron chi connectivity index (χ4n) is 4.90. The van der Waals surface area contributed by atoms with Crippen molar-refractivity contribution in [2.75, 3.05) is 49.6 Å². The number of hydrogen-bond donors (Lipinski definition) is 2. The zero-order chi connectivity index (χ0) is 27.2. The molecule has 1 saturated carbocycles. The summed E-state index contributed by atoms with van der Waals surface area (Å²) in [5.41, 5.74) is 10.7. The number of benzene rings is 3. The summed E-state index contributed by atoms with van der Waals surface area (Å²) in [6.45, 7) is 4.44. The van der Waals surface area contributed by atoms with Crippen LogP contribution in [0.3, 0.4) is 0 Å². The largest absolute Gasteiger partial charge is 0.378 e. The van der Waals surface area contributed by atoms with Gasteiger partial charge in [0.05, 0.1) is 24.6 Å². The van der Waals surface area contributed by atoms with Gasteiger partial charge < -0.3 is 25.6 Å². The zero-order valence-electron chi connectivity index (χ0n) is 22.1. The van der Waals surface area contributed by atoms with Crippen molar-refractivity contribution in [2.24, 2.45) is 11.7 Å². The Kier molecular flexibility index (Phi) is 8.54. The number of anilines is 2. The lowest BCUT2D eigenvalue weighted by Crippen LogP contribution is -2.36. The Morgan fingerprint density at radius 1 is 1.00 bits per heavy atom. The number of amides is 2. The number of nitrogens with two attached hydrogens (primary N) is 1. The molecule has 7 nitrogen and oxygen atoms in total. The molecule has 2 aliphatic rings. The summed E-state index contributed by atoms with van der Waals surface area (Å²) in [4.78, 5) is 30.0. The highest BCUT2D eigenvalue weighted by atomic mass is 19.1. The lowest BCUT2D eigenvalue weighted by atomic mass is 10.0. The van der Waals surface area contributed by atoms with Crippen molar-refractivity contribution >= 4 is 23.2 Å². The van der Waals surface area contributed by atoms with Gasteiger partial charge in [-0.25, -0.2) is 4.39 Å². The maximum atomic E-state index is 13.4. The Balaban J connectivity index is 1.41. The smallest absolute Gasteiger partial charge is 0.255 e. The third-order valence-corrected chi connectivity index (χ3v) is 7.21. The fourth-order valence-corrected chi connectivity index (χ4v) is 4.90. The fraction of sp³-hybridized carbons (Fsp3) is 0.355. The Morgan fingerprint density at radius 3 is 2.46 bits per heavy atom. The lowest BCUT2D eigenvalue weighted by Gasteiger charge is -2.31. The molecule has 0 bridgehead atoms. The number of halogens is 1. The van der Waals surface area contributed by atoms with E-state index >= 15 is 0 Å². The molecule has 3 N–H and O–H groups in total. The molecule has 8 heteroatoms. The summed E-state index contributed by atoms with van der Waals surface area (Å²) in [7, 11) is 0. The molecule has 5 rings (SSSR count). The molecule has 2 fully saturated rings. The van der Waals surface area contributed by atoms with Crippen molar-refractivity contribution < 1.29 is 18.7 Å². The van der Waals surface area contributed by atoms with E-state index in [-0.39, 0.29) is 23.5 Å². The minimum Gasteiger partial charge on any atom is -0.378 e. The minimum absolute atomic E-state index is 0.158. The number of nitrogens with one attached hydrogen (secondary N) is 1. The van der Waals surface area contributed by atoms with Crippen molar-refractivity contribution in [2.45, 2.75) is 25.8 Å². The number of nitrogens with zero attached hydrogens (tertiary/aromatic N) is 2. The third-order valence-electron chi connectivity index (χ3n) is 7.21. The van der Waals surface area contributed by atoms with Crippen LogP contribution in [0.2, 0.25) is 0 Å². The Morgan fingerprint density at radius 2 is 1.74 bits per heavy atom. The summed E-state index contributed by atoms with van der Waals surface area (Å²) in [6.07, 6.45) is 2.72. The van der Waals surface area contributed by atoms with Gasteiger partial charge in [0.2, 0.25) is 5.91 Å². The van der Waals surface area contributed by atoms with E-state index in [1.54, 1.807) is 0 Å². The highest BCUT2D eigenvalue weighted by Gasteiger charge is 2.33. The zero-order valence-corrected chi connectivity index (χ0v) is 22.1. The average Bonchev–Trinajstić information content (AvgIpc) is 3.82. The van der Waals surface area contributed by atoms with Crippen LogP contribution >= 0.6 is 0 Å². The highest BCUT2D eigenvalue weighted by Crippen LogP contribution is 2.34. The van der Waals surface area contributed by atoms with E-state index in [1.165, 1.54) is 24.3 Å². The number of ether oxygens (including phenoxy) is 1. The molecule has 0 radical (unpaired) electrons. The molecule has 0 unspecified atom stereocenters. The molecule has 1 aliphatic carbocycles. The van der Waals surface area contributed by atoms with E-state index in [1.807, 2.05) is 35.2 Å². The number of carbonyl (C=O) groups is 2. The first-order valence-corrected chi connectivity index (χ1v) is 13.6. The number of carbonyl (C=O) groups excluding carboxylic acids is 2. The van der Waals surface area contributed by atoms with Gasteiger partial charge >= 0.3 is 0 Å². The third kappa shape index (κ3) is 6.82. The molecule has 0 spiro atoms. The van der Waals surface area contributed by atoms with Gasteiger partial charge in [-0.05, 0) is 85.0 Å². The second-order valence-electron chi connectivity index (χ2n) is 10.2. The first-order valence-electron chi connectivity index (χ1n) is 13.6.